The van der Waals surface area contributed by atoms with Gasteiger partial charge in [0, 0.05) is 18.7 Å². The maximum atomic E-state index is 9.12. The van der Waals surface area contributed by atoms with E-state index < -0.39 is 0 Å². The van der Waals surface area contributed by atoms with Crippen molar-refractivity contribution in [2.45, 2.75) is 32.9 Å². The molecule has 1 rings (SSSR count). The molecule has 1 aromatic rings. The van der Waals surface area contributed by atoms with E-state index in [1.54, 1.807) is 6.07 Å². The number of aliphatic hydroxyl groups excluding tert-OH is 1. The molecule has 3 atom stereocenters. The highest BCUT2D eigenvalue weighted by Crippen LogP contribution is 2.35. The second-order valence-electron chi connectivity index (χ2n) is 4.60. The van der Waals surface area contributed by atoms with Gasteiger partial charge in [-0.05, 0) is 31.4 Å². The Morgan fingerprint density at radius 3 is 2.28 bits per heavy atom. The fourth-order valence-electron chi connectivity index (χ4n) is 1.68. The molecule has 0 saturated heterocycles. The lowest BCUT2D eigenvalue weighted by Gasteiger charge is -2.25. The van der Waals surface area contributed by atoms with Gasteiger partial charge in [0.2, 0.25) is 0 Å². The van der Waals surface area contributed by atoms with Crippen molar-refractivity contribution in [1.82, 2.24) is 5.32 Å². The van der Waals surface area contributed by atoms with Gasteiger partial charge in [-0.3, -0.25) is 0 Å². The number of benzene rings is 1. The van der Waals surface area contributed by atoms with Crippen LogP contribution < -0.4 is 5.32 Å². The topological polar surface area (TPSA) is 32.3 Å². The molecule has 0 bridgehead atoms. The van der Waals surface area contributed by atoms with Crippen molar-refractivity contribution in [3.8, 4) is 0 Å². The lowest BCUT2D eigenvalue weighted by molar-refractivity contribution is 0.202. The van der Waals surface area contributed by atoms with Crippen molar-refractivity contribution in [2.75, 3.05) is 6.61 Å². The Morgan fingerprint density at radius 2 is 1.72 bits per heavy atom. The van der Waals surface area contributed by atoms with Crippen LogP contribution in [0.1, 0.15) is 32.4 Å². The minimum absolute atomic E-state index is 0.0382. The summed E-state index contributed by atoms with van der Waals surface area (Å²) in [5, 5.41) is 13.8. The molecule has 2 N–H and O–H groups in total. The lowest BCUT2D eigenvalue weighted by atomic mass is 10.0. The zero-order valence-electron chi connectivity index (χ0n) is 10.7. The first-order valence-corrected chi connectivity index (χ1v) is 7.02. The number of rotatable bonds is 5. The number of halogens is 3. The van der Waals surface area contributed by atoms with E-state index >= 15 is 0 Å². The summed E-state index contributed by atoms with van der Waals surface area (Å²) in [6.45, 7) is 6.17. The largest absolute Gasteiger partial charge is 0.396 e. The highest BCUT2D eigenvalue weighted by molar-refractivity contribution is 6.48. The minimum Gasteiger partial charge on any atom is -0.396 e. The molecule has 5 heteroatoms. The summed E-state index contributed by atoms with van der Waals surface area (Å²) in [5.41, 5.74) is 0.906. The van der Waals surface area contributed by atoms with Gasteiger partial charge in [-0.1, -0.05) is 47.8 Å². The number of hydrogen-bond acceptors (Lipinski definition) is 2. The fraction of sp³-hybridized carbons (Fsp3) is 0.538. The highest BCUT2D eigenvalue weighted by Gasteiger charge is 2.18. The van der Waals surface area contributed by atoms with Gasteiger partial charge in [-0.15, -0.1) is 0 Å². The average molecular weight is 311 g/mol. The third kappa shape index (κ3) is 3.75. The van der Waals surface area contributed by atoms with E-state index in [4.69, 9.17) is 39.9 Å². The SMILES string of the molecule is CC(NC(C)C(C)CO)c1ccc(Cl)c(Cl)c1Cl. The van der Waals surface area contributed by atoms with Crippen molar-refractivity contribution >= 4 is 34.8 Å². The van der Waals surface area contributed by atoms with Crippen LogP contribution in [0.2, 0.25) is 15.1 Å². The highest BCUT2D eigenvalue weighted by atomic mass is 35.5. The Kier molecular flexibility index (Phi) is 6.22. The molecule has 0 spiro atoms. The van der Waals surface area contributed by atoms with Gasteiger partial charge >= 0.3 is 0 Å². The maximum absolute atomic E-state index is 9.12. The Balaban J connectivity index is 2.85. The van der Waals surface area contributed by atoms with Crippen molar-refractivity contribution in [3.05, 3.63) is 32.8 Å². The molecule has 1 aromatic carbocycles. The van der Waals surface area contributed by atoms with Gasteiger partial charge in [0.1, 0.15) is 0 Å². The molecule has 3 unspecified atom stereocenters. The van der Waals surface area contributed by atoms with Crippen molar-refractivity contribution in [3.63, 3.8) is 0 Å². The Hall–Kier alpha value is 0.01000. The van der Waals surface area contributed by atoms with Crippen LogP contribution in [0.25, 0.3) is 0 Å². The summed E-state index contributed by atoms with van der Waals surface area (Å²) < 4.78 is 0. The van der Waals surface area contributed by atoms with Crippen LogP contribution in [0, 0.1) is 5.92 Å². The summed E-state index contributed by atoms with van der Waals surface area (Å²) in [7, 11) is 0. The van der Waals surface area contributed by atoms with E-state index in [2.05, 4.69) is 5.32 Å². The molecule has 0 aliphatic heterocycles. The number of aliphatic hydroxyl groups is 1. The summed E-state index contributed by atoms with van der Waals surface area (Å²) in [5.74, 6) is 0.175. The first kappa shape index (κ1) is 16.1. The predicted molar refractivity (Wildman–Crippen MR) is 78.7 cm³/mol. The molecule has 0 saturated carbocycles. The van der Waals surface area contributed by atoms with Crippen molar-refractivity contribution in [1.29, 1.82) is 0 Å². The lowest BCUT2D eigenvalue weighted by Crippen LogP contribution is -2.35. The normalized spacial score (nSPS) is 16.4. The fourth-order valence-corrected chi connectivity index (χ4v) is 2.39. The van der Waals surface area contributed by atoms with Crippen LogP contribution in [0.4, 0.5) is 0 Å². The van der Waals surface area contributed by atoms with E-state index in [9.17, 15) is 0 Å². The molecule has 0 aliphatic rings. The Labute approximate surface area is 123 Å². The summed E-state index contributed by atoms with van der Waals surface area (Å²) in [6.07, 6.45) is 0. The third-order valence-electron chi connectivity index (χ3n) is 3.19. The second-order valence-corrected chi connectivity index (χ2v) is 5.76. The van der Waals surface area contributed by atoms with Gasteiger partial charge < -0.3 is 10.4 Å². The van der Waals surface area contributed by atoms with Crippen molar-refractivity contribution < 1.29 is 5.11 Å². The van der Waals surface area contributed by atoms with E-state index in [1.807, 2.05) is 26.8 Å². The number of nitrogens with one attached hydrogen (secondary N) is 1. The molecular weight excluding hydrogens is 293 g/mol. The van der Waals surface area contributed by atoms with E-state index in [-0.39, 0.29) is 24.6 Å². The smallest absolute Gasteiger partial charge is 0.0781 e. The number of hydrogen-bond donors (Lipinski definition) is 2. The first-order chi connectivity index (χ1) is 8.38. The van der Waals surface area contributed by atoms with Crippen LogP contribution in [-0.4, -0.2) is 17.8 Å². The summed E-state index contributed by atoms with van der Waals surface area (Å²) in [6, 6.07) is 3.82. The molecule has 0 radical (unpaired) electrons. The van der Waals surface area contributed by atoms with Gasteiger partial charge in [0.15, 0.2) is 0 Å². The monoisotopic (exact) mass is 309 g/mol. The molecule has 0 aliphatic carbocycles. The van der Waals surface area contributed by atoms with Crippen molar-refractivity contribution in [2.24, 2.45) is 5.92 Å². The molecule has 102 valence electrons. The molecule has 0 aromatic heterocycles. The maximum Gasteiger partial charge on any atom is 0.0781 e. The zero-order valence-corrected chi connectivity index (χ0v) is 12.9. The Morgan fingerprint density at radius 1 is 1.11 bits per heavy atom. The molecule has 0 fully saturated rings. The molecule has 18 heavy (non-hydrogen) atoms. The van der Waals surface area contributed by atoms with Gasteiger partial charge in [0.25, 0.3) is 0 Å². The predicted octanol–water partition coefficient (Wildman–Crippen LogP) is 4.31. The molecular formula is C13H18Cl3NO. The van der Waals surface area contributed by atoms with Crippen LogP contribution in [0.5, 0.6) is 0 Å². The average Bonchev–Trinajstić information content (AvgIpc) is 2.34. The molecule has 0 amide bonds. The van der Waals surface area contributed by atoms with Crippen LogP contribution in [0.15, 0.2) is 12.1 Å². The molecule has 0 heterocycles. The first-order valence-electron chi connectivity index (χ1n) is 5.88. The van der Waals surface area contributed by atoms with Crippen LogP contribution >= 0.6 is 34.8 Å². The summed E-state index contributed by atoms with van der Waals surface area (Å²) >= 11 is 18.1. The van der Waals surface area contributed by atoms with Gasteiger partial charge in [-0.25, -0.2) is 0 Å². The van der Waals surface area contributed by atoms with E-state index in [0.717, 1.165) is 5.56 Å². The Bertz CT molecular complexity index is 411. The van der Waals surface area contributed by atoms with Crippen LogP contribution in [0.3, 0.4) is 0 Å². The zero-order chi connectivity index (χ0) is 13.9. The van der Waals surface area contributed by atoms with Gasteiger partial charge in [-0.2, -0.15) is 0 Å². The second kappa shape index (κ2) is 6.97. The van der Waals surface area contributed by atoms with E-state index in [1.165, 1.54) is 0 Å². The molecule has 2 nitrogen and oxygen atoms in total. The van der Waals surface area contributed by atoms with Crippen LogP contribution in [-0.2, 0) is 0 Å². The quantitative estimate of drug-likeness (QED) is 0.794. The third-order valence-corrected chi connectivity index (χ3v) is 4.49. The van der Waals surface area contributed by atoms with Gasteiger partial charge in [0.05, 0.1) is 15.1 Å². The van der Waals surface area contributed by atoms with E-state index in [0.29, 0.717) is 15.1 Å². The minimum atomic E-state index is 0.0382. The standard InChI is InChI=1S/C13H18Cl3NO/c1-7(6-18)8(2)17-9(3)10-4-5-11(14)13(16)12(10)15/h4-5,7-9,17-18H,6H2,1-3H3. The summed E-state index contributed by atoms with van der Waals surface area (Å²) in [4.78, 5) is 0.